The highest BCUT2D eigenvalue weighted by molar-refractivity contribution is 6.02. The molecule has 1 saturated carbocycles. The van der Waals surface area contributed by atoms with Gasteiger partial charge in [-0.1, -0.05) is 31.2 Å². The molecule has 2 N–H and O–H groups in total. The minimum Gasteiger partial charge on any atom is -0.454 e. The Hall–Kier alpha value is -3.84. The highest BCUT2D eigenvalue weighted by Crippen LogP contribution is 2.51. The van der Waals surface area contributed by atoms with Crippen molar-refractivity contribution in [3.05, 3.63) is 77.4 Å². The van der Waals surface area contributed by atoms with Crippen LogP contribution in [0.25, 0.3) is 11.1 Å². The van der Waals surface area contributed by atoms with Crippen molar-refractivity contribution in [2.24, 2.45) is 0 Å². The first-order valence-corrected chi connectivity index (χ1v) is 12.8. The molecular formula is C30H32N2O5. The Morgan fingerprint density at radius 1 is 0.973 bits per heavy atom. The fourth-order valence-electron chi connectivity index (χ4n) is 4.91. The Labute approximate surface area is 217 Å². The summed E-state index contributed by atoms with van der Waals surface area (Å²) in [7, 11) is 0. The van der Waals surface area contributed by atoms with Gasteiger partial charge in [0.15, 0.2) is 11.5 Å². The van der Waals surface area contributed by atoms with Crippen LogP contribution in [0.15, 0.2) is 60.7 Å². The molecule has 5 rings (SSSR count). The van der Waals surface area contributed by atoms with Crippen LogP contribution in [-0.4, -0.2) is 48.3 Å². The van der Waals surface area contributed by atoms with Crippen molar-refractivity contribution >= 4 is 17.5 Å². The summed E-state index contributed by atoms with van der Waals surface area (Å²) in [5, 5.41) is 12.4. The fraction of sp³-hybridized carbons (Fsp3) is 0.333. The molecule has 0 aromatic heterocycles. The minimum absolute atomic E-state index is 0.0259. The number of aryl methyl sites for hydroxylation is 1. The summed E-state index contributed by atoms with van der Waals surface area (Å²) in [4.78, 5) is 27.9. The Morgan fingerprint density at radius 2 is 1.73 bits per heavy atom. The largest absolute Gasteiger partial charge is 0.454 e. The molecule has 0 spiro atoms. The van der Waals surface area contributed by atoms with Crippen molar-refractivity contribution in [1.82, 2.24) is 4.90 Å². The van der Waals surface area contributed by atoms with Crippen LogP contribution < -0.4 is 14.8 Å². The number of nitrogens with one attached hydrogen (secondary N) is 1. The summed E-state index contributed by atoms with van der Waals surface area (Å²) in [5.41, 5.74) is 4.74. The van der Waals surface area contributed by atoms with E-state index in [1.165, 1.54) is 0 Å². The molecule has 1 aliphatic carbocycles. The molecule has 7 nitrogen and oxygen atoms in total. The Morgan fingerprint density at radius 3 is 2.43 bits per heavy atom. The van der Waals surface area contributed by atoms with Gasteiger partial charge in [-0.05, 0) is 84.8 Å². The standard InChI is InChI=1S/C30H32N2O5/c1-3-14-32(15-16-33)28(34)22-7-5-21(6-8-22)25-18-24(10-4-20(25)2)31-29(35)30(12-13-30)23-9-11-26-27(17-23)37-19-36-26/h4-11,17-18,33H,3,12-16,19H2,1-2H3,(H,31,35). The van der Waals surface area contributed by atoms with Gasteiger partial charge in [-0.2, -0.15) is 0 Å². The lowest BCUT2D eigenvalue weighted by molar-refractivity contribution is -0.118. The number of anilines is 1. The van der Waals surface area contributed by atoms with Crippen molar-refractivity contribution in [3.8, 4) is 22.6 Å². The summed E-state index contributed by atoms with van der Waals surface area (Å²) in [6.07, 6.45) is 2.41. The monoisotopic (exact) mass is 500 g/mol. The van der Waals surface area contributed by atoms with Gasteiger partial charge >= 0.3 is 0 Å². The maximum Gasteiger partial charge on any atom is 0.253 e. The van der Waals surface area contributed by atoms with Gasteiger partial charge in [0.2, 0.25) is 12.7 Å². The van der Waals surface area contributed by atoms with Gasteiger partial charge in [-0.3, -0.25) is 9.59 Å². The molecule has 2 aliphatic rings. The van der Waals surface area contributed by atoms with Crippen LogP contribution in [-0.2, 0) is 10.2 Å². The molecule has 0 saturated heterocycles. The Balaban J connectivity index is 1.33. The van der Waals surface area contributed by atoms with E-state index >= 15 is 0 Å². The molecule has 0 bridgehead atoms. The van der Waals surface area contributed by atoms with E-state index in [2.05, 4.69) is 5.32 Å². The SMILES string of the molecule is CCCN(CCO)C(=O)c1ccc(-c2cc(NC(=O)C3(c4ccc5c(c4)OCO5)CC3)ccc2C)cc1. The molecule has 3 aromatic rings. The van der Waals surface area contributed by atoms with Gasteiger partial charge < -0.3 is 24.8 Å². The summed E-state index contributed by atoms with van der Waals surface area (Å²) in [6.45, 7) is 5.11. The number of nitrogens with zero attached hydrogens (tertiary/aromatic N) is 1. The molecule has 1 aliphatic heterocycles. The molecular weight excluding hydrogens is 468 g/mol. The number of fused-ring (bicyclic) bond motifs is 1. The quantitative estimate of drug-likeness (QED) is 0.436. The summed E-state index contributed by atoms with van der Waals surface area (Å²) < 4.78 is 10.9. The van der Waals surface area contributed by atoms with Gasteiger partial charge in [0.1, 0.15) is 0 Å². The van der Waals surface area contributed by atoms with E-state index in [1.54, 1.807) is 4.90 Å². The molecule has 192 valence electrons. The van der Waals surface area contributed by atoms with Gasteiger partial charge in [0.25, 0.3) is 5.91 Å². The van der Waals surface area contributed by atoms with Crippen molar-refractivity contribution in [2.75, 3.05) is 31.8 Å². The van der Waals surface area contributed by atoms with E-state index in [-0.39, 0.29) is 25.2 Å². The summed E-state index contributed by atoms with van der Waals surface area (Å²) >= 11 is 0. The molecule has 0 unspecified atom stereocenters. The Bertz CT molecular complexity index is 1310. The number of carbonyl (C=O) groups is 2. The van der Waals surface area contributed by atoms with Crippen LogP contribution in [0, 0.1) is 6.92 Å². The van der Waals surface area contributed by atoms with Crippen LogP contribution in [0.4, 0.5) is 5.69 Å². The molecule has 0 radical (unpaired) electrons. The molecule has 1 heterocycles. The topological polar surface area (TPSA) is 88.1 Å². The lowest BCUT2D eigenvalue weighted by atomic mass is 9.94. The van der Waals surface area contributed by atoms with Gasteiger partial charge in [0.05, 0.1) is 12.0 Å². The van der Waals surface area contributed by atoms with Crippen LogP contribution in [0.3, 0.4) is 0 Å². The maximum absolute atomic E-state index is 13.4. The molecule has 3 aromatic carbocycles. The van der Waals surface area contributed by atoms with E-state index in [1.807, 2.05) is 74.5 Å². The fourth-order valence-corrected chi connectivity index (χ4v) is 4.91. The molecule has 7 heteroatoms. The van der Waals surface area contributed by atoms with E-state index in [9.17, 15) is 14.7 Å². The number of rotatable bonds is 9. The zero-order valence-corrected chi connectivity index (χ0v) is 21.3. The second kappa shape index (κ2) is 10.3. The lowest BCUT2D eigenvalue weighted by Gasteiger charge is -2.21. The van der Waals surface area contributed by atoms with Crippen LogP contribution in [0.1, 0.15) is 47.7 Å². The molecule has 1 fully saturated rings. The smallest absolute Gasteiger partial charge is 0.253 e. The molecule has 37 heavy (non-hydrogen) atoms. The number of hydrogen-bond donors (Lipinski definition) is 2. The van der Waals surface area contributed by atoms with Gasteiger partial charge in [0, 0.05) is 24.3 Å². The Kier molecular flexibility index (Phi) is 6.89. The van der Waals surface area contributed by atoms with E-state index in [4.69, 9.17) is 9.47 Å². The van der Waals surface area contributed by atoms with Crippen LogP contribution in [0.5, 0.6) is 11.5 Å². The first kappa shape index (κ1) is 24.8. The average Bonchev–Trinajstić information content (AvgIpc) is 3.60. The zero-order valence-electron chi connectivity index (χ0n) is 21.3. The van der Waals surface area contributed by atoms with E-state index in [0.717, 1.165) is 47.2 Å². The number of aliphatic hydroxyl groups excluding tert-OH is 1. The van der Waals surface area contributed by atoms with Gasteiger partial charge in [-0.25, -0.2) is 0 Å². The summed E-state index contributed by atoms with van der Waals surface area (Å²) in [5.74, 6) is 1.29. The normalized spacial score (nSPS) is 14.8. The zero-order chi connectivity index (χ0) is 26.0. The predicted octanol–water partition coefficient (Wildman–Crippen LogP) is 4.91. The highest BCUT2D eigenvalue weighted by atomic mass is 16.7. The second-order valence-corrected chi connectivity index (χ2v) is 9.73. The lowest BCUT2D eigenvalue weighted by Crippen LogP contribution is -2.34. The van der Waals surface area contributed by atoms with Gasteiger partial charge in [-0.15, -0.1) is 0 Å². The number of carbonyl (C=O) groups excluding carboxylic acids is 2. The van der Waals surface area contributed by atoms with Crippen molar-refractivity contribution in [2.45, 2.75) is 38.5 Å². The number of hydrogen-bond acceptors (Lipinski definition) is 5. The maximum atomic E-state index is 13.4. The van der Waals surface area contributed by atoms with Crippen LogP contribution >= 0.6 is 0 Å². The predicted molar refractivity (Wildman–Crippen MR) is 142 cm³/mol. The van der Waals surface area contributed by atoms with E-state index in [0.29, 0.717) is 30.2 Å². The minimum atomic E-state index is -0.549. The third kappa shape index (κ3) is 4.91. The van der Waals surface area contributed by atoms with Crippen LogP contribution in [0.2, 0.25) is 0 Å². The first-order valence-electron chi connectivity index (χ1n) is 12.8. The number of aliphatic hydroxyl groups is 1. The number of amides is 2. The molecule has 2 amide bonds. The second-order valence-electron chi connectivity index (χ2n) is 9.73. The first-order chi connectivity index (χ1) is 17.9. The molecule has 0 atom stereocenters. The average molecular weight is 501 g/mol. The van der Waals surface area contributed by atoms with Crippen molar-refractivity contribution in [1.29, 1.82) is 0 Å². The third-order valence-corrected chi connectivity index (χ3v) is 7.20. The third-order valence-electron chi connectivity index (χ3n) is 7.20. The van der Waals surface area contributed by atoms with Crippen molar-refractivity contribution < 1.29 is 24.2 Å². The summed E-state index contributed by atoms with van der Waals surface area (Å²) in [6, 6.07) is 19.1. The number of benzene rings is 3. The van der Waals surface area contributed by atoms with Crippen molar-refractivity contribution in [3.63, 3.8) is 0 Å². The number of ether oxygens (including phenoxy) is 2. The highest BCUT2D eigenvalue weighted by Gasteiger charge is 2.51. The van der Waals surface area contributed by atoms with E-state index < -0.39 is 5.41 Å².